The SMILES string of the molecule is Cc1cc2ccccc2nc1N(CCC(N)=S)C(C)C. The normalized spacial score (nSPS) is 11.0. The number of aromatic nitrogens is 1. The van der Waals surface area contributed by atoms with E-state index in [1.54, 1.807) is 0 Å². The highest BCUT2D eigenvalue weighted by molar-refractivity contribution is 7.80. The molecule has 3 nitrogen and oxygen atoms in total. The molecule has 106 valence electrons. The summed E-state index contributed by atoms with van der Waals surface area (Å²) in [5, 5.41) is 1.17. The summed E-state index contributed by atoms with van der Waals surface area (Å²) in [5.41, 5.74) is 7.84. The second-order valence-electron chi connectivity index (χ2n) is 5.33. The Bertz CT molecular complexity index is 622. The van der Waals surface area contributed by atoms with E-state index in [1.807, 2.05) is 18.2 Å². The van der Waals surface area contributed by atoms with Crippen molar-refractivity contribution in [2.24, 2.45) is 5.73 Å². The maximum absolute atomic E-state index is 5.63. The van der Waals surface area contributed by atoms with Gasteiger partial charge in [0.05, 0.1) is 10.5 Å². The maximum Gasteiger partial charge on any atom is 0.132 e. The molecule has 0 saturated heterocycles. The molecule has 1 heterocycles. The van der Waals surface area contributed by atoms with Crippen molar-refractivity contribution in [3.8, 4) is 0 Å². The number of benzene rings is 1. The molecular weight excluding hydrogens is 266 g/mol. The molecule has 2 aromatic rings. The van der Waals surface area contributed by atoms with E-state index in [2.05, 4.69) is 37.8 Å². The van der Waals surface area contributed by atoms with Gasteiger partial charge in [-0.05, 0) is 38.5 Å². The van der Waals surface area contributed by atoms with E-state index in [-0.39, 0.29) is 0 Å². The molecule has 0 aliphatic rings. The molecule has 0 aliphatic carbocycles. The Balaban J connectivity index is 2.41. The van der Waals surface area contributed by atoms with Crippen LogP contribution in [0.2, 0.25) is 0 Å². The molecule has 20 heavy (non-hydrogen) atoms. The van der Waals surface area contributed by atoms with E-state index in [0.717, 1.165) is 17.9 Å². The first kappa shape index (κ1) is 14.7. The van der Waals surface area contributed by atoms with Gasteiger partial charge in [-0.2, -0.15) is 0 Å². The molecule has 2 N–H and O–H groups in total. The number of fused-ring (bicyclic) bond motifs is 1. The average Bonchev–Trinajstić information content (AvgIpc) is 2.38. The van der Waals surface area contributed by atoms with Crippen LogP contribution in [-0.2, 0) is 0 Å². The van der Waals surface area contributed by atoms with Crippen molar-refractivity contribution in [1.29, 1.82) is 0 Å². The lowest BCUT2D eigenvalue weighted by Gasteiger charge is -2.29. The van der Waals surface area contributed by atoms with Gasteiger partial charge in [0, 0.05) is 24.4 Å². The Kier molecular flexibility index (Phi) is 4.55. The van der Waals surface area contributed by atoms with Crippen LogP contribution in [0.4, 0.5) is 5.82 Å². The van der Waals surface area contributed by atoms with Crippen LogP contribution in [0.25, 0.3) is 10.9 Å². The molecule has 0 spiro atoms. The standard InChI is InChI=1S/C16H21N3S/c1-11(2)19(9-8-15(17)20)16-12(3)10-13-6-4-5-7-14(13)18-16/h4-7,10-11H,8-9H2,1-3H3,(H2,17,20). The molecule has 0 fully saturated rings. The molecule has 2 rings (SSSR count). The highest BCUT2D eigenvalue weighted by Gasteiger charge is 2.15. The smallest absolute Gasteiger partial charge is 0.132 e. The lowest BCUT2D eigenvalue weighted by molar-refractivity contribution is 0.680. The van der Waals surface area contributed by atoms with Crippen molar-refractivity contribution in [3.63, 3.8) is 0 Å². The van der Waals surface area contributed by atoms with Crippen LogP contribution < -0.4 is 10.6 Å². The first-order chi connectivity index (χ1) is 9.49. The highest BCUT2D eigenvalue weighted by atomic mass is 32.1. The summed E-state index contributed by atoms with van der Waals surface area (Å²) in [7, 11) is 0. The third kappa shape index (κ3) is 3.25. The van der Waals surface area contributed by atoms with Gasteiger partial charge in [-0.3, -0.25) is 0 Å². The zero-order chi connectivity index (χ0) is 14.7. The van der Waals surface area contributed by atoms with Crippen LogP contribution in [0.5, 0.6) is 0 Å². The van der Waals surface area contributed by atoms with Crippen LogP contribution in [0.1, 0.15) is 25.8 Å². The first-order valence-electron chi connectivity index (χ1n) is 6.90. The fourth-order valence-corrected chi connectivity index (χ4v) is 2.43. The Morgan fingerprint density at radius 2 is 2.05 bits per heavy atom. The van der Waals surface area contributed by atoms with E-state index in [9.17, 15) is 0 Å². The lowest BCUT2D eigenvalue weighted by atomic mass is 10.1. The average molecular weight is 287 g/mol. The van der Waals surface area contributed by atoms with Gasteiger partial charge in [0.1, 0.15) is 5.82 Å². The summed E-state index contributed by atoms with van der Waals surface area (Å²) < 4.78 is 0. The van der Waals surface area contributed by atoms with Crippen molar-refractivity contribution in [3.05, 3.63) is 35.9 Å². The fourth-order valence-electron chi connectivity index (χ4n) is 2.34. The molecule has 0 aliphatic heterocycles. The summed E-state index contributed by atoms with van der Waals surface area (Å²) >= 11 is 4.99. The highest BCUT2D eigenvalue weighted by Crippen LogP contribution is 2.24. The molecule has 0 bridgehead atoms. The van der Waals surface area contributed by atoms with Gasteiger partial charge < -0.3 is 10.6 Å². The van der Waals surface area contributed by atoms with E-state index in [1.165, 1.54) is 10.9 Å². The Morgan fingerprint density at radius 3 is 2.70 bits per heavy atom. The predicted molar refractivity (Wildman–Crippen MR) is 90.4 cm³/mol. The Labute approximate surface area is 125 Å². The first-order valence-corrected chi connectivity index (χ1v) is 7.31. The van der Waals surface area contributed by atoms with Gasteiger partial charge in [-0.15, -0.1) is 0 Å². The maximum atomic E-state index is 5.63. The van der Waals surface area contributed by atoms with Gasteiger partial charge in [0.25, 0.3) is 0 Å². The third-order valence-electron chi connectivity index (χ3n) is 3.38. The topological polar surface area (TPSA) is 42.2 Å². The number of thiocarbonyl (C=S) groups is 1. The van der Waals surface area contributed by atoms with Gasteiger partial charge in [-0.1, -0.05) is 30.4 Å². The van der Waals surface area contributed by atoms with Crippen LogP contribution in [0.3, 0.4) is 0 Å². The number of pyridine rings is 1. The van der Waals surface area contributed by atoms with Crippen LogP contribution in [-0.4, -0.2) is 22.6 Å². The summed E-state index contributed by atoms with van der Waals surface area (Å²) in [6, 6.07) is 10.7. The van der Waals surface area contributed by atoms with Crippen LogP contribution in [0, 0.1) is 6.92 Å². The number of rotatable bonds is 5. The van der Waals surface area contributed by atoms with E-state index in [4.69, 9.17) is 22.9 Å². The molecule has 0 radical (unpaired) electrons. The van der Waals surface area contributed by atoms with Crippen molar-refractivity contribution in [1.82, 2.24) is 4.98 Å². The minimum Gasteiger partial charge on any atom is -0.393 e. The van der Waals surface area contributed by atoms with Gasteiger partial charge in [-0.25, -0.2) is 4.98 Å². The molecule has 0 amide bonds. The summed E-state index contributed by atoms with van der Waals surface area (Å²) in [6.45, 7) is 7.23. The molecule has 1 aromatic carbocycles. The number of aryl methyl sites for hydroxylation is 1. The second-order valence-corrected chi connectivity index (χ2v) is 5.85. The van der Waals surface area contributed by atoms with E-state index >= 15 is 0 Å². The summed E-state index contributed by atoms with van der Waals surface area (Å²) in [6.07, 6.45) is 0.710. The number of hydrogen-bond acceptors (Lipinski definition) is 3. The molecular formula is C16H21N3S. The lowest BCUT2D eigenvalue weighted by Crippen LogP contribution is -2.34. The fraction of sp³-hybridized carbons (Fsp3) is 0.375. The van der Waals surface area contributed by atoms with E-state index < -0.39 is 0 Å². The number of hydrogen-bond donors (Lipinski definition) is 1. The third-order valence-corrected chi connectivity index (χ3v) is 3.59. The zero-order valence-electron chi connectivity index (χ0n) is 12.3. The minimum atomic E-state index is 0.358. The molecule has 0 saturated carbocycles. The molecule has 0 unspecified atom stereocenters. The van der Waals surface area contributed by atoms with Gasteiger partial charge >= 0.3 is 0 Å². The quantitative estimate of drug-likeness (QED) is 0.856. The molecule has 4 heteroatoms. The van der Waals surface area contributed by atoms with Crippen LogP contribution in [0.15, 0.2) is 30.3 Å². The number of nitrogens with two attached hydrogens (primary N) is 1. The minimum absolute atomic E-state index is 0.358. The van der Waals surface area contributed by atoms with Gasteiger partial charge in [0.15, 0.2) is 0 Å². The Morgan fingerprint density at radius 1 is 1.35 bits per heavy atom. The Hall–Kier alpha value is -1.68. The van der Waals surface area contributed by atoms with Crippen molar-refractivity contribution in [2.75, 3.05) is 11.4 Å². The number of para-hydroxylation sites is 1. The van der Waals surface area contributed by atoms with Crippen LogP contribution >= 0.6 is 12.2 Å². The number of anilines is 1. The van der Waals surface area contributed by atoms with Crippen molar-refractivity contribution >= 4 is 33.9 Å². The molecule has 0 atom stereocenters. The van der Waals surface area contributed by atoms with E-state index in [0.29, 0.717) is 17.5 Å². The number of nitrogens with zero attached hydrogens (tertiary/aromatic N) is 2. The van der Waals surface area contributed by atoms with Crippen molar-refractivity contribution < 1.29 is 0 Å². The largest absolute Gasteiger partial charge is 0.393 e. The second kappa shape index (κ2) is 6.18. The predicted octanol–water partition coefficient (Wildman–Crippen LogP) is 3.43. The molecule has 1 aromatic heterocycles. The van der Waals surface area contributed by atoms with Gasteiger partial charge in [0.2, 0.25) is 0 Å². The zero-order valence-corrected chi connectivity index (χ0v) is 13.1. The summed E-state index contributed by atoms with van der Waals surface area (Å²) in [4.78, 5) is 7.63. The summed E-state index contributed by atoms with van der Waals surface area (Å²) in [5.74, 6) is 1.02. The van der Waals surface area contributed by atoms with Crippen molar-refractivity contribution in [2.45, 2.75) is 33.2 Å². The monoisotopic (exact) mass is 287 g/mol.